The fraction of sp³-hybridized carbons (Fsp3) is 0.167. The van der Waals surface area contributed by atoms with Crippen molar-refractivity contribution in [2.24, 2.45) is 0 Å². The van der Waals surface area contributed by atoms with Crippen LogP contribution in [0, 0.1) is 14.5 Å². The number of benzene rings is 1. The zero-order valence-electron chi connectivity index (χ0n) is 8.59. The van der Waals surface area contributed by atoms with Crippen molar-refractivity contribution in [1.82, 2.24) is 0 Å². The molecule has 17 heavy (non-hydrogen) atoms. The van der Waals surface area contributed by atoms with Crippen molar-refractivity contribution in [3.8, 4) is 0 Å². The van der Waals surface area contributed by atoms with Crippen LogP contribution in [0.5, 0.6) is 0 Å². The summed E-state index contributed by atoms with van der Waals surface area (Å²) in [5.41, 5.74) is 1.50. The van der Waals surface area contributed by atoms with Gasteiger partial charge in [0.25, 0.3) is 0 Å². The van der Waals surface area contributed by atoms with E-state index < -0.39 is 11.6 Å². The van der Waals surface area contributed by atoms with Gasteiger partial charge in [0.1, 0.15) is 0 Å². The Morgan fingerprint density at radius 1 is 1.35 bits per heavy atom. The molecule has 1 unspecified atom stereocenters. The molecular weight excluding hydrogens is 421 g/mol. The van der Waals surface area contributed by atoms with Crippen LogP contribution in [0.3, 0.4) is 0 Å². The van der Waals surface area contributed by atoms with E-state index >= 15 is 0 Å². The van der Waals surface area contributed by atoms with Gasteiger partial charge in [-0.25, -0.2) is 8.78 Å². The number of rotatable bonds is 3. The second kappa shape index (κ2) is 5.75. The summed E-state index contributed by atoms with van der Waals surface area (Å²) in [7, 11) is 0. The minimum Gasteiger partial charge on any atom is -0.204 e. The maximum Gasteiger partial charge on any atom is 0.162 e. The lowest BCUT2D eigenvalue weighted by Gasteiger charge is -2.09. The Hall–Kier alpha value is -0.0100. The van der Waals surface area contributed by atoms with Crippen molar-refractivity contribution in [3.05, 3.63) is 55.3 Å². The molecule has 2 rings (SSSR count). The highest BCUT2D eigenvalue weighted by atomic mass is 127. The predicted octanol–water partition coefficient (Wildman–Crippen LogP) is 5.31. The van der Waals surface area contributed by atoms with E-state index in [0.29, 0.717) is 12.0 Å². The first-order chi connectivity index (χ1) is 8.08. The van der Waals surface area contributed by atoms with Crippen LogP contribution in [0.1, 0.15) is 16.0 Å². The maximum atomic E-state index is 13.5. The second-order valence-electron chi connectivity index (χ2n) is 3.57. The van der Waals surface area contributed by atoms with E-state index in [1.54, 1.807) is 17.4 Å². The van der Waals surface area contributed by atoms with Gasteiger partial charge < -0.3 is 0 Å². The van der Waals surface area contributed by atoms with E-state index in [2.05, 4.69) is 38.5 Å². The molecule has 0 aliphatic heterocycles. The lowest BCUT2D eigenvalue weighted by Crippen LogP contribution is -1.99. The molecule has 5 heteroatoms. The first-order valence-corrected chi connectivity index (χ1v) is 7.76. The predicted molar refractivity (Wildman–Crippen MR) is 78.8 cm³/mol. The molecule has 0 nitrogen and oxygen atoms in total. The van der Waals surface area contributed by atoms with Gasteiger partial charge in [0.15, 0.2) is 11.6 Å². The van der Waals surface area contributed by atoms with E-state index in [1.807, 2.05) is 11.4 Å². The van der Waals surface area contributed by atoms with Crippen molar-refractivity contribution in [2.45, 2.75) is 11.2 Å². The smallest absolute Gasteiger partial charge is 0.162 e. The van der Waals surface area contributed by atoms with Crippen molar-refractivity contribution in [1.29, 1.82) is 0 Å². The molecule has 2 aromatic rings. The van der Waals surface area contributed by atoms with E-state index in [1.165, 1.54) is 8.95 Å². The Balaban J connectivity index is 2.18. The summed E-state index contributed by atoms with van der Waals surface area (Å²) in [4.78, 5) is 0.0126. The van der Waals surface area contributed by atoms with Gasteiger partial charge in [0.2, 0.25) is 0 Å². The van der Waals surface area contributed by atoms with Crippen molar-refractivity contribution >= 4 is 49.9 Å². The molecule has 1 aromatic heterocycles. The van der Waals surface area contributed by atoms with E-state index in [9.17, 15) is 8.78 Å². The third-order valence-corrected chi connectivity index (χ3v) is 5.04. The zero-order chi connectivity index (χ0) is 12.4. The fourth-order valence-corrected chi connectivity index (χ4v) is 3.72. The van der Waals surface area contributed by atoms with Crippen LogP contribution in [0.15, 0.2) is 29.6 Å². The summed E-state index contributed by atoms with van der Waals surface area (Å²) in [5.74, 6) is -1.54. The summed E-state index contributed by atoms with van der Waals surface area (Å²) in [6, 6.07) is 6.33. The minimum atomic E-state index is -0.790. The summed E-state index contributed by atoms with van der Waals surface area (Å²) < 4.78 is 27.7. The molecule has 90 valence electrons. The van der Waals surface area contributed by atoms with Gasteiger partial charge in [-0.1, -0.05) is 28.1 Å². The highest BCUT2D eigenvalue weighted by molar-refractivity contribution is 14.1. The molecule has 0 amide bonds. The number of halogens is 4. The monoisotopic (exact) mass is 428 g/mol. The van der Waals surface area contributed by atoms with Crippen molar-refractivity contribution < 1.29 is 8.78 Å². The zero-order valence-corrected chi connectivity index (χ0v) is 13.2. The Morgan fingerprint density at radius 2 is 2.12 bits per heavy atom. The first kappa shape index (κ1) is 13.4. The number of hydrogen-bond donors (Lipinski definition) is 0. The van der Waals surface area contributed by atoms with Crippen molar-refractivity contribution in [2.75, 3.05) is 0 Å². The van der Waals surface area contributed by atoms with Crippen LogP contribution in [0.25, 0.3) is 0 Å². The van der Waals surface area contributed by atoms with Crippen LogP contribution < -0.4 is 0 Å². The molecule has 0 aliphatic rings. The van der Waals surface area contributed by atoms with Gasteiger partial charge in [-0.3, -0.25) is 0 Å². The Bertz CT molecular complexity index is 527. The van der Waals surface area contributed by atoms with E-state index in [-0.39, 0.29) is 4.83 Å². The fourth-order valence-electron chi connectivity index (χ4n) is 1.50. The Morgan fingerprint density at radius 3 is 2.76 bits per heavy atom. The molecule has 1 heterocycles. The summed E-state index contributed by atoms with van der Waals surface area (Å²) in [6.07, 6.45) is 0.441. The molecule has 1 atom stereocenters. The topological polar surface area (TPSA) is 0 Å². The van der Waals surface area contributed by atoms with Gasteiger partial charge >= 0.3 is 0 Å². The normalized spacial score (nSPS) is 12.7. The van der Waals surface area contributed by atoms with Gasteiger partial charge in [-0.2, -0.15) is 0 Å². The Labute approximate surface area is 124 Å². The largest absolute Gasteiger partial charge is 0.204 e. The lowest BCUT2D eigenvalue weighted by atomic mass is 10.1. The number of hydrogen-bond acceptors (Lipinski definition) is 1. The van der Waals surface area contributed by atoms with Gasteiger partial charge in [-0.05, 0) is 57.7 Å². The van der Waals surface area contributed by atoms with Crippen LogP contribution >= 0.6 is 49.9 Å². The molecule has 0 bridgehead atoms. The molecule has 0 saturated heterocycles. The quantitative estimate of drug-likeness (QED) is 0.459. The standard InChI is InChI=1S/C12H8BrF2IS/c13-9(8-5-11(16)17-6-8)4-7-2-1-3-10(14)12(7)15/h1-3,5-6,9H,4H2. The summed E-state index contributed by atoms with van der Waals surface area (Å²) in [6.45, 7) is 0. The molecule has 0 aliphatic carbocycles. The molecule has 0 saturated carbocycles. The molecule has 0 spiro atoms. The Kier molecular flexibility index (Phi) is 4.54. The highest BCUT2D eigenvalue weighted by Crippen LogP contribution is 2.31. The van der Waals surface area contributed by atoms with E-state index in [4.69, 9.17) is 0 Å². The van der Waals surface area contributed by atoms with Crippen LogP contribution in [-0.4, -0.2) is 0 Å². The third-order valence-electron chi connectivity index (χ3n) is 2.38. The first-order valence-electron chi connectivity index (χ1n) is 4.89. The maximum absolute atomic E-state index is 13.5. The van der Waals surface area contributed by atoms with Gasteiger partial charge in [0, 0.05) is 4.83 Å². The average molecular weight is 429 g/mol. The molecule has 1 aromatic carbocycles. The molecular formula is C12H8BrF2IS. The van der Waals surface area contributed by atoms with Crippen LogP contribution in [0.4, 0.5) is 8.78 Å². The van der Waals surface area contributed by atoms with Gasteiger partial charge in [-0.15, -0.1) is 11.3 Å². The molecule has 0 N–H and O–H groups in total. The highest BCUT2D eigenvalue weighted by Gasteiger charge is 2.14. The van der Waals surface area contributed by atoms with Crippen LogP contribution in [-0.2, 0) is 6.42 Å². The van der Waals surface area contributed by atoms with Gasteiger partial charge in [0.05, 0.1) is 2.88 Å². The molecule has 0 fully saturated rings. The minimum absolute atomic E-state index is 0.0126. The summed E-state index contributed by atoms with van der Waals surface area (Å²) >= 11 is 7.39. The second-order valence-corrected chi connectivity index (χ2v) is 7.48. The third kappa shape index (κ3) is 3.26. The van der Waals surface area contributed by atoms with Crippen molar-refractivity contribution in [3.63, 3.8) is 0 Å². The van der Waals surface area contributed by atoms with Crippen LogP contribution in [0.2, 0.25) is 0 Å². The average Bonchev–Trinajstić information content (AvgIpc) is 2.72. The molecule has 0 radical (unpaired) electrons. The van der Waals surface area contributed by atoms with E-state index in [0.717, 1.165) is 11.6 Å². The SMILES string of the molecule is Fc1cccc(CC(Br)c2csc(I)c2)c1F. The lowest BCUT2D eigenvalue weighted by molar-refractivity contribution is 0.498. The number of thiophene rings is 1. The number of alkyl halides is 1. The summed E-state index contributed by atoms with van der Waals surface area (Å²) in [5, 5.41) is 2.03.